The first kappa shape index (κ1) is 17.4. The van der Waals surface area contributed by atoms with Crippen LogP contribution in [0.3, 0.4) is 0 Å². The SMILES string of the molecule is CCCC(N)CC(=O)NCC1(N(C)C)CCCC(C)C1. The molecule has 0 aromatic heterocycles. The van der Waals surface area contributed by atoms with Crippen LogP contribution in [0.5, 0.6) is 0 Å². The van der Waals surface area contributed by atoms with E-state index < -0.39 is 0 Å². The summed E-state index contributed by atoms with van der Waals surface area (Å²) in [4.78, 5) is 14.3. The van der Waals surface area contributed by atoms with E-state index in [4.69, 9.17) is 5.73 Å². The molecular formula is C16H33N3O. The number of amides is 1. The predicted molar refractivity (Wildman–Crippen MR) is 84.6 cm³/mol. The average Bonchev–Trinajstić information content (AvgIpc) is 2.36. The van der Waals surface area contributed by atoms with Gasteiger partial charge in [0.05, 0.1) is 0 Å². The van der Waals surface area contributed by atoms with Crippen molar-refractivity contribution in [1.82, 2.24) is 10.2 Å². The van der Waals surface area contributed by atoms with Gasteiger partial charge in [0, 0.05) is 24.5 Å². The second kappa shape index (κ2) is 7.99. The maximum absolute atomic E-state index is 12.0. The van der Waals surface area contributed by atoms with Crippen LogP contribution >= 0.6 is 0 Å². The lowest BCUT2D eigenvalue weighted by Gasteiger charge is -2.45. The van der Waals surface area contributed by atoms with Gasteiger partial charge in [-0.3, -0.25) is 4.79 Å². The molecule has 3 N–H and O–H groups in total. The molecule has 0 heterocycles. The van der Waals surface area contributed by atoms with E-state index in [1.54, 1.807) is 0 Å². The summed E-state index contributed by atoms with van der Waals surface area (Å²) < 4.78 is 0. The summed E-state index contributed by atoms with van der Waals surface area (Å²) in [6.07, 6.45) is 7.31. The lowest BCUT2D eigenvalue weighted by molar-refractivity contribution is -0.122. The second-order valence-electron chi connectivity index (χ2n) is 6.85. The number of hydrogen-bond acceptors (Lipinski definition) is 3. The zero-order chi connectivity index (χ0) is 15.2. The highest BCUT2D eigenvalue weighted by molar-refractivity contribution is 5.76. The lowest BCUT2D eigenvalue weighted by Crippen LogP contribution is -2.55. The van der Waals surface area contributed by atoms with Crippen LogP contribution in [0, 0.1) is 5.92 Å². The van der Waals surface area contributed by atoms with Gasteiger partial charge in [-0.2, -0.15) is 0 Å². The summed E-state index contributed by atoms with van der Waals surface area (Å²) >= 11 is 0. The van der Waals surface area contributed by atoms with Crippen LogP contribution in [0.4, 0.5) is 0 Å². The highest BCUT2D eigenvalue weighted by atomic mass is 16.1. The molecule has 1 aliphatic rings. The van der Waals surface area contributed by atoms with Crippen LogP contribution in [0.15, 0.2) is 0 Å². The Balaban J connectivity index is 2.49. The third kappa shape index (κ3) is 5.06. The van der Waals surface area contributed by atoms with Gasteiger partial charge in [0.2, 0.25) is 5.91 Å². The molecule has 118 valence electrons. The molecule has 0 bridgehead atoms. The highest BCUT2D eigenvalue weighted by Gasteiger charge is 2.37. The molecule has 4 nitrogen and oxygen atoms in total. The number of nitrogens with two attached hydrogens (primary N) is 1. The molecule has 1 saturated carbocycles. The second-order valence-corrected chi connectivity index (χ2v) is 6.85. The minimum Gasteiger partial charge on any atom is -0.354 e. The molecule has 20 heavy (non-hydrogen) atoms. The number of rotatable bonds is 7. The number of carbonyl (C=O) groups is 1. The predicted octanol–water partition coefficient (Wildman–Crippen LogP) is 2.13. The molecule has 4 heteroatoms. The first-order valence-corrected chi connectivity index (χ1v) is 8.09. The Morgan fingerprint density at radius 3 is 2.75 bits per heavy atom. The molecule has 0 aliphatic heterocycles. The van der Waals surface area contributed by atoms with Crippen LogP contribution in [0.1, 0.15) is 58.8 Å². The normalized spacial score (nSPS) is 28.4. The minimum atomic E-state index is 0.000542. The van der Waals surface area contributed by atoms with E-state index in [1.165, 1.54) is 25.7 Å². The third-order valence-corrected chi connectivity index (χ3v) is 4.74. The van der Waals surface area contributed by atoms with E-state index >= 15 is 0 Å². The fourth-order valence-corrected chi connectivity index (χ4v) is 3.40. The van der Waals surface area contributed by atoms with Crippen molar-refractivity contribution in [3.63, 3.8) is 0 Å². The van der Waals surface area contributed by atoms with Gasteiger partial charge in [0.15, 0.2) is 0 Å². The molecule has 0 aromatic carbocycles. The summed E-state index contributed by atoms with van der Waals surface area (Å²) in [5.74, 6) is 0.843. The number of hydrogen-bond donors (Lipinski definition) is 2. The Kier molecular flexibility index (Phi) is 6.96. The van der Waals surface area contributed by atoms with E-state index in [1.807, 2.05) is 0 Å². The van der Waals surface area contributed by atoms with E-state index in [0.717, 1.165) is 25.3 Å². The van der Waals surface area contributed by atoms with Gasteiger partial charge in [-0.1, -0.05) is 33.1 Å². The molecule has 0 saturated heterocycles. The molecule has 0 spiro atoms. The molecule has 0 radical (unpaired) electrons. The maximum Gasteiger partial charge on any atom is 0.221 e. The maximum atomic E-state index is 12.0. The van der Waals surface area contributed by atoms with Gasteiger partial charge >= 0.3 is 0 Å². The molecular weight excluding hydrogens is 250 g/mol. The summed E-state index contributed by atoms with van der Waals surface area (Å²) in [7, 11) is 4.26. The number of likely N-dealkylation sites (N-methyl/N-ethyl adjacent to an activating group) is 1. The van der Waals surface area contributed by atoms with E-state index in [9.17, 15) is 4.79 Å². The monoisotopic (exact) mass is 283 g/mol. The Morgan fingerprint density at radius 1 is 1.50 bits per heavy atom. The Labute approximate surface area is 124 Å². The quantitative estimate of drug-likeness (QED) is 0.752. The first-order chi connectivity index (χ1) is 9.39. The van der Waals surface area contributed by atoms with Gasteiger partial charge in [0.1, 0.15) is 0 Å². The number of nitrogens with one attached hydrogen (secondary N) is 1. The molecule has 3 atom stereocenters. The first-order valence-electron chi connectivity index (χ1n) is 8.09. The van der Waals surface area contributed by atoms with E-state index in [-0.39, 0.29) is 17.5 Å². The Morgan fingerprint density at radius 2 is 2.20 bits per heavy atom. The van der Waals surface area contributed by atoms with Crippen molar-refractivity contribution < 1.29 is 4.79 Å². The Bertz CT molecular complexity index is 306. The molecule has 3 unspecified atom stereocenters. The smallest absolute Gasteiger partial charge is 0.221 e. The summed E-state index contributed by atoms with van der Waals surface area (Å²) in [6, 6.07) is 0.000542. The molecule has 1 fully saturated rings. The zero-order valence-electron chi connectivity index (χ0n) is 13.7. The van der Waals surface area contributed by atoms with Gasteiger partial charge in [0.25, 0.3) is 0 Å². The van der Waals surface area contributed by atoms with Crippen molar-refractivity contribution in [2.24, 2.45) is 11.7 Å². The molecule has 0 aromatic rings. The fraction of sp³-hybridized carbons (Fsp3) is 0.938. The van der Waals surface area contributed by atoms with Crippen LogP contribution in [0.25, 0.3) is 0 Å². The van der Waals surface area contributed by atoms with Gasteiger partial charge in [-0.15, -0.1) is 0 Å². The zero-order valence-corrected chi connectivity index (χ0v) is 13.7. The van der Waals surface area contributed by atoms with E-state index in [0.29, 0.717) is 6.42 Å². The molecule has 1 amide bonds. The van der Waals surface area contributed by atoms with Crippen LogP contribution in [0.2, 0.25) is 0 Å². The largest absolute Gasteiger partial charge is 0.354 e. The van der Waals surface area contributed by atoms with Crippen LogP contribution < -0.4 is 11.1 Å². The van der Waals surface area contributed by atoms with E-state index in [2.05, 4.69) is 38.2 Å². The van der Waals surface area contributed by atoms with Crippen molar-refractivity contribution >= 4 is 5.91 Å². The minimum absolute atomic E-state index is 0.000542. The Hall–Kier alpha value is -0.610. The summed E-state index contributed by atoms with van der Waals surface area (Å²) in [6.45, 7) is 5.17. The van der Waals surface area contributed by atoms with Crippen molar-refractivity contribution in [1.29, 1.82) is 0 Å². The third-order valence-electron chi connectivity index (χ3n) is 4.74. The van der Waals surface area contributed by atoms with Crippen LogP contribution in [-0.4, -0.2) is 43.0 Å². The summed E-state index contributed by atoms with van der Waals surface area (Å²) in [5.41, 5.74) is 6.06. The topological polar surface area (TPSA) is 58.4 Å². The van der Waals surface area contributed by atoms with Gasteiger partial charge in [-0.25, -0.2) is 0 Å². The number of carbonyl (C=O) groups excluding carboxylic acids is 1. The average molecular weight is 283 g/mol. The number of nitrogens with zero attached hydrogens (tertiary/aromatic N) is 1. The van der Waals surface area contributed by atoms with Crippen molar-refractivity contribution in [3.05, 3.63) is 0 Å². The fourth-order valence-electron chi connectivity index (χ4n) is 3.40. The van der Waals surface area contributed by atoms with Crippen molar-refractivity contribution in [3.8, 4) is 0 Å². The standard InChI is InChI=1S/C16H33N3O/c1-5-7-14(17)10-15(20)18-12-16(19(3)4)9-6-8-13(2)11-16/h13-14H,5-12,17H2,1-4H3,(H,18,20). The van der Waals surface area contributed by atoms with Gasteiger partial charge in [-0.05, 0) is 39.3 Å². The van der Waals surface area contributed by atoms with Crippen molar-refractivity contribution in [2.45, 2.75) is 70.4 Å². The van der Waals surface area contributed by atoms with Gasteiger partial charge < -0.3 is 16.0 Å². The summed E-state index contributed by atoms with van der Waals surface area (Å²) in [5, 5.41) is 3.12. The molecule has 1 rings (SSSR count). The lowest BCUT2D eigenvalue weighted by atomic mass is 9.75. The highest BCUT2D eigenvalue weighted by Crippen LogP contribution is 2.35. The van der Waals surface area contributed by atoms with Crippen LogP contribution in [-0.2, 0) is 4.79 Å². The molecule has 1 aliphatic carbocycles. The van der Waals surface area contributed by atoms with Crippen molar-refractivity contribution in [2.75, 3.05) is 20.6 Å².